The molecule has 0 aromatic heterocycles. The molecule has 1 aliphatic heterocycles. The monoisotopic (exact) mass is 355 g/mol. The average Bonchev–Trinajstić information content (AvgIpc) is 3.20. The minimum atomic E-state index is -0.342. The molecule has 0 spiro atoms. The van der Waals surface area contributed by atoms with E-state index in [0.29, 0.717) is 17.1 Å². The lowest BCUT2D eigenvalue weighted by molar-refractivity contribution is -0.116. The van der Waals surface area contributed by atoms with E-state index in [1.54, 1.807) is 18.2 Å². The van der Waals surface area contributed by atoms with Crippen LogP contribution >= 0.6 is 0 Å². The highest BCUT2D eigenvalue weighted by molar-refractivity contribution is 5.94. The zero-order valence-electron chi connectivity index (χ0n) is 14.5. The number of nitrogens with one attached hydrogen (secondary N) is 1. The number of carbonyl (C=O) groups is 1. The summed E-state index contributed by atoms with van der Waals surface area (Å²) in [5.74, 6) is 6.55. The first-order chi connectivity index (χ1) is 13.3. The first-order valence-corrected chi connectivity index (χ1v) is 8.62. The summed E-state index contributed by atoms with van der Waals surface area (Å²) >= 11 is 0. The summed E-state index contributed by atoms with van der Waals surface area (Å²) in [6, 6.07) is 24.8. The van der Waals surface area contributed by atoms with Crippen molar-refractivity contribution in [2.75, 3.05) is 6.79 Å². The number of hydrogen-bond acceptors (Lipinski definition) is 3. The number of benzene rings is 3. The molecule has 132 valence electrons. The van der Waals surface area contributed by atoms with Gasteiger partial charge in [0.1, 0.15) is 0 Å². The van der Waals surface area contributed by atoms with Gasteiger partial charge < -0.3 is 14.8 Å². The molecule has 3 aromatic carbocycles. The number of fused-ring (bicyclic) bond motifs is 1. The maximum atomic E-state index is 12.5. The molecule has 0 aliphatic carbocycles. The summed E-state index contributed by atoms with van der Waals surface area (Å²) in [5, 5.41) is 3.00. The summed E-state index contributed by atoms with van der Waals surface area (Å²) in [7, 11) is 0. The molecular weight excluding hydrogens is 338 g/mol. The van der Waals surface area contributed by atoms with Gasteiger partial charge in [-0.05, 0) is 29.3 Å². The quantitative estimate of drug-likeness (QED) is 0.729. The van der Waals surface area contributed by atoms with Gasteiger partial charge in [-0.3, -0.25) is 4.79 Å². The molecule has 3 aromatic rings. The summed E-state index contributed by atoms with van der Waals surface area (Å²) in [6.07, 6.45) is 0. The van der Waals surface area contributed by atoms with Crippen molar-refractivity contribution >= 4 is 5.91 Å². The third kappa shape index (κ3) is 3.94. The molecule has 1 aliphatic rings. The van der Waals surface area contributed by atoms with Crippen molar-refractivity contribution in [3.8, 4) is 23.3 Å². The fourth-order valence-electron chi connectivity index (χ4n) is 2.92. The van der Waals surface area contributed by atoms with Gasteiger partial charge in [-0.25, -0.2) is 0 Å². The SMILES string of the molecule is O=C(C#Cc1ccc2c(c1)OCO2)NC(c1ccccc1)c1ccccc1. The zero-order chi connectivity index (χ0) is 18.5. The van der Waals surface area contributed by atoms with E-state index in [1.165, 1.54) is 0 Å². The maximum absolute atomic E-state index is 12.5. The van der Waals surface area contributed by atoms with Gasteiger partial charge in [0.2, 0.25) is 6.79 Å². The molecular formula is C23H17NO3. The van der Waals surface area contributed by atoms with Crippen molar-refractivity contribution in [2.45, 2.75) is 6.04 Å². The van der Waals surface area contributed by atoms with Crippen LogP contribution in [0.15, 0.2) is 78.9 Å². The van der Waals surface area contributed by atoms with E-state index in [1.807, 2.05) is 60.7 Å². The van der Waals surface area contributed by atoms with Gasteiger partial charge in [0, 0.05) is 11.5 Å². The first-order valence-electron chi connectivity index (χ1n) is 8.62. The van der Waals surface area contributed by atoms with Crippen molar-refractivity contribution in [2.24, 2.45) is 0 Å². The van der Waals surface area contributed by atoms with Crippen LogP contribution in [0.4, 0.5) is 0 Å². The zero-order valence-corrected chi connectivity index (χ0v) is 14.5. The summed E-state index contributed by atoms with van der Waals surface area (Å²) < 4.78 is 10.6. The van der Waals surface area contributed by atoms with Gasteiger partial charge in [-0.1, -0.05) is 66.6 Å². The van der Waals surface area contributed by atoms with E-state index in [-0.39, 0.29) is 18.7 Å². The largest absolute Gasteiger partial charge is 0.454 e. The molecule has 0 bridgehead atoms. The van der Waals surface area contributed by atoms with Crippen LogP contribution in [0.25, 0.3) is 0 Å². The minimum absolute atomic E-state index is 0.211. The Bertz CT molecular complexity index is 965. The Hall–Kier alpha value is -3.71. The molecule has 0 atom stereocenters. The molecule has 0 radical (unpaired) electrons. The van der Waals surface area contributed by atoms with E-state index in [0.717, 1.165) is 11.1 Å². The highest BCUT2D eigenvalue weighted by atomic mass is 16.7. The number of hydrogen-bond donors (Lipinski definition) is 1. The van der Waals surface area contributed by atoms with Crippen LogP contribution in [0.5, 0.6) is 11.5 Å². The lowest BCUT2D eigenvalue weighted by Gasteiger charge is -2.18. The van der Waals surface area contributed by atoms with Crippen molar-refractivity contribution < 1.29 is 14.3 Å². The predicted molar refractivity (Wildman–Crippen MR) is 102 cm³/mol. The Labute approximate surface area is 157 Å². The number of amides is 1. The van der Waals surface area contributed by atoms with Crippen molar-refractivity contribution in [1.29, 1.82) is 0 Å². The third-order valence-corrected chi connectivity index (χ3v) is 4.23. The topological polar surface area (TPSA) is 47.6 Å². The number of carbonyl (C=O) groups excluding carboxylic acids is 1. The van der Waals surface area contributed by atoms with E-state index in [2.05, 4.69) is 17.2 Å². The van der Waals surface area contributed by atoms with Gasteiger partial charge >= 0.3 is 0 Å². The van der Waals surface area contributed by atoms with Gasteiger partial charge in [-0.15, -0.1) is 0 Å². The molecule has 1 amide bonds. The number of ether oxygens (including phenoxy) is 2. The van der Waals surface area contributed by atoms with Crippen LogP contribution in [0.1, 0.15) is 22.7 Å². The molecule has 0 saturated heterocycles. The second-order valence-electron chi connectivity index (χ2n) is 6.05. The predicted octanol–water partition coefficient (Wildman–Crippen LogP) is 3.67. The molecule has 1 heterocycles. The molecule has 0 unspecified atom stereocenters. The van der Waals surface area contributed by atoms with Gasteiger partial charge in [-0.2, -0.15) is 0 Å². The summed E-state index contributed by atoms with van der Waals surface area (Å²) in [5.41, 5.74) is 2.70. The molecule has 4 rings (SSSR count). The third-order valence-electron chi connectivity index (χ3n) is 4.23. The van der Waals surface area contributed by atoms with E-state index >= 15 is 0 Å². The van der Waals surface area contributed by atoms with Gasteiger partial charge in [0.15, 0.2) is 11.5 Å². The minimum Gasteiger partial charge on any atom is -0.454 e. The lowest BCUT2D eigenvalue weighted by Crippen LogP contribution is -2.28. The fourth-order valence-corrected chi connectivity index (χ4v) is 2.92. The van der Waals surface area contributed by atoms with Crippen molar-refractivity contribution in [3.63, 3.8) is 0 Å². The van der Waals surface area contributed by atoms with Crippen LogP contribution in [0, 0.1) is 11.8 Å². The number of rotatable bonds is 3. The Morgan fingerprint density at radius 3 is 2.15 bits per heavy atom. The molecule has 0 fully saturated rings. The normalized spacial score (nSPS) is 11.6. The Balaban J connectivity index is 1.54. The lowest BCUT2D eigenvalue weighted by atomic mass is 9.99. The van der Waals surface area contributed by atoms with Crippen LogP contribution < -0.4 is 14.8 Å². The van der Waals surface area contributed by atoms with Crippen molar-refractivity contribution in [3.05, 3.63) is 95.6 Å². The maximum Gasteiger partial charge on any atom is 0.296 e. The molecule has 0 saturated carbocycles. The van der Waals surface area contributed by atoms with Gasteiger partial charge in [0.05, 0.1) is 6.04 Å². The van der Waals surface area contributed by atoms with Crippen LogP contribution in [-0.2, 0) is 4.79 Å². The second-order valence-corrected chi connectivity index (χ2v) is 6.05. The van der Waals surface area contributed by atoms with Crippen molar-refractivity contribution in [1.82, 2.24) is 5.32 Å². The molecule has 1 N–H and O–H groups in total. The highest BCUT2D eigenvalue weighted by Crippen LogP contribution is 2.32. The van der Waals surface area contributed by atoms with E-state index < -0.39 is 0 Å². The average molecular weight is 355 g/mol. The summed E-state index contributed by atoms with van der Waals surface area (Å²) in [6.45, 7) is 0.211. The van der Waals surface area contributed by atoms with E-state index in [9.17, 15) is 4.79 Å². The first kappa shape index (κ1) is 16.7. The molecule has 4 heteroatoms. The molecule has 27 heavy (non-hydrogen) atoms. The van der Waals surface area contributed by atoms with Gasteiger partial charge in [0.25, 0.3) is 5.91 Å². The van der Waals surface area contributed by atoms with Crippen LogP contribution in [-0.4, -0.2) is 12.7 Å². The fraction of sp³-hybridized carbons (Fsp3) is 0.0870. The van der Waals surface area contributed by atoms with Crippen LogP contribution in [0.2, 0.25) is 0 Å². The van der Waals surface area contributed by atoms with E-state index in [4.69, 9.17) is 9.47 Å². The van der Waals surface area contributed by atoms with Crippen LogP contribution in [0.3, 0.4) is 0 Å². The molecule has 4 nitrogen and oxygen atoms in total. The smallest absolute Gasteiger partial charge is 0.296 e. The Morgan fingerprint density at radius 1 is 0.852 bits per heavy atom. The second kappa shape index (κ2) is 7.67. The summed E-state index contributed by atoms with van der Waals surface area (Å²) in [4.78, 5) is 12.5. The highest BCUT2D eigenvalue weighted by Gasteiger charge is 2.16. The standard InChI is InChI=1S/C23H17NO3/c25-22(14-12-17-11-13-20-21(15-17)27-16-26-20)24-23(18-7-3-1-4-8-18)19-9-5-2-6-10-19/h1-11,13,15,23H,16H2,(H,24,25). The Kier molecular flexibility index (Phi) is 4.76. The Morgan fingerprint density at radius 2 is 1.48 bits per heavy atom.